The van der Waals surface area contributed by atoms with Gasteiger partial charge in [0.25, 0.3) is 0 Å². The maximum Gasteiger partial charge on any atom is 0.326 e. The van der Waals surface area contributed by atoms with Crippen molar-refractivity contribution in [3.8, 4) is 0 Å². The van der Waals surface area contributed by atoms with Crippen LogP contribution in [0.1, 0.15) is 161 Å². The van der Waals surface area contributed by atoms with Crippen molar-refractivity contribution in [3.63, 3.8) is 0 Å². The normalized spacial score (nSPS) is 12.6. The van der Waals surface area contributed by atoms with E-state index < -0.39 is 72.6 Å². The van der Waals surface area contributed by atoms with E-state index >= 15 is 0 Å². The molecule has 0 aliphatic carbocycles. The van der Waals surface area contributed by atoms with Crippen LogP contribution in [0, 0.1) is 0 Å². The fourth-order valence-corrected chi connectivity index (χ4v) is 5.51. The summed E-state index contributed by atoms with van der Waals surface area (Å²) in [5.74, 6) is -7.08. The number of carboxylic acid groups (broad SMARTS) is 4. The number of carbonyl (C=O) groups is 8. The van der Waals surface area contributed by atoms with Crippen LogP contribution in [0.15, 0.2) is 0 Å². The molecule has 0 unspecified atom stereocenters. The molecule has 7 N–H and O–H groups in total. The number of unbranched alkanes of at least 4 members (excludes halogenated alkanes) is 15. The minimum Gasteiger partial charge on any atom is -0.481 e. The van der Waals surface area contributed by atoms with E-state index in [2.05, 4.69) is 16.0 Å². The van der Waals surface area contributed by atoms with E-state index in [-0.39, 0.29) is 44.3 Å². The first-order valence-corrected chi connectivity index (χ1v) is 18.5. The van der Waals surface area contributed by atoms with Crippen LogP contribution in [0.5, 0.6) is 0 Å². The molecule has 15 heteroatoms. The fraction of sp³-hybridized carbons (Fsp3) is 0.778. The van der Waals surface area contributed by atoms with Crippen molar-refractivity contribution in [3.05, 3.63) is 0 Å². The van der Waals surface area contributed by atoms with Gasteiger partial charge in [-0.25, -0.2) is 14.4 Å². The Morgan fingerprint density at radius 2 is 0.627 bits per heavy atom. The maximum absolute atomic E-state index is 12.4. The molecule has 0 spiro atoms. The molecule has 292 valence electrons. The summed E-state index contributed by atoms with van der Waals surface area (Å²) >= 11 is 0. The zero-order valence-electron chi connectivity index (χ0n) is 30.3. The summed E-state index contributed by atoms with van der Waals surface area (Å²) in [7, 11) is 0. The van der Waals surface area contributed by atoms with Crippen molar-refractivity contribution in [1.82, 2.24) is 16.0 Å². The highest BCUT2D eigenvalue weighted by Crippen LogP contribution is 2.14. The van der Waals surface area contributed by atoms with Crippen molar-refractivity contribution in [1.29, 1.82) is 0 Å². The third-order valence-corrected chi connectivity index (χ3v) is 8.55. The van der Waals surface area contributed by atoms with E-state index in [1.165, 1.54) is 58.3 Å². The molecular weight excluding hydrogens is 666 g/mol. The highest BCUT2D eigenvalue weighted by molar-refractivity contribution is 5.87. The molecule has 3 atom stereocenters. The summed E-state index contributed by atoms with van der Waals surface area (Å²) in [5, 5.41) is 43.7. The number of carbonyl (C=O) groups excluding carboxylic acids is 4. The van der Waals surface area contributed by atoms with Crippen LogP contribution in [0.2, 0.25) is 0 Å². The standard InChI is InChI=1S/C36H61N3O12/c1-26(40)20-21-27(34(46)47)38-31(42)25-23-29(36(50)51)39-32(43)24-22-28(35(48)49)37-30(41)18-16-14-12-10-8-6-4-2-3-5-7-9-11-13-15-17-19-33(44)45/h27-29H,2-25H2,1H3,(H,37,41)(H,38,42)(H,39,43)(H,44,45)(H,46,47)(H,48,49)(H,50,51)/t27-,28-,29-/m0/s1. The number of amides is 3. The van der Waals surface area contributed by atoms with Gasteiger partial charge in [0.2, 0.25) is 17.7 Å². The van der Waals surface area contributed by atoms with Crippen LogP contribution in [-0.4, -0.2) is 85.9 Å². The molecule has 0 saturated heterocycles. The molecule has 3 amide bonds. The molecule has 0 aromatic rings. The Morgan fingerprint density at radius 1 is 0.373 bits per heavy atom. The van der Waals surface area contributed by atoms with Crippen molar-refractivity contribution in [2.24, 2.45) is 0 Å². The van der Waals surface area contributed by atoms with Gasteiger partial charge in [-0.15, -0.1) is 0 Å². The summed E-state index contributed by atoms with van der Waals surface area (Å²) in [5.41, 5.74) is 0. The van der Waals surface area contributed by atoms with Crippen LogP contribution in [0.4, 0.5) is 0 Å². The van der Waals surface area contributed by atoms with Crippen LogP contribution >= 0.6 is 0 Å². The second-order valence-corrected chi connectivity index (χ2v) is 13.2. The minimum atomic E-state index is -1.49. The lowest BCUT2D eigenvalue weighted by Gasteiger charge is -2.18. The monoisotopic (exact) mass is 727 g/mol. The number of hydrogen-bond donors (Lipinski definition) is 7. The molecule has 0 heterocycles. The smallest absolute Gasteiger partial charge is 0.326 e. The second-order valence-electron chi connectivity index (χ2n) is 13.2. The SMILES string of the molecule is CC(=O)CC[C@H](NC(=O)CC[C@H](NC(=O)CC[C@H](NC(=O)CCCCCCCCCCCCCCCCCCC(=O)O)C(=O)O)C(=O)O)C(=O)O. The fourth-order valence-electron chi connectivity index (χ4n) is 5.51. The van der Waals surface area contributed by atoms with Gasteiger partial charge in [0.15, 0.2) is 0 Å². The first kappa shape index (κ1) is 47.0. The molecule has 0 bridgehead atoms. The molecule has 0 rings (SSSR count). The Bertz CT molecular complexity index is 1100. The summed E-state index contributed by atoms with van der Waals surface area (Å²) in [6, 6.07) is -4.15. The van der Waals surface area contributed by atoms with Crippen molar-refractivity contribution in [2.45, 2.75) is 179 Å². The van der Waals surface area contributed by atoms with Gasteiger partial charge in [-0.3, -0.25) is 19.2 Å². The Hall–Kier alpha value is -4.04. The van der Waals surface area contributed by atoms with E-state index in [4.69, 9.17) is 5.11 Å². The Balaban J connectivity index is 4.14. The summed E-state index contributed by atoms with van der Waals surface area (Å²) < 4.78 is 0. The van der Waals surface area contributed by atoms with Gasteiger partial charge in [0.1, 0.15) is 23.9 Å². The molecule has 0 fully saturated rings. The Kier molecular flexibility index (Phi) is 27.3. The average molecular weight is 728 g/mol. The predicted molar refractivity (Wildman–Crippen MR) is 188 cm³/mol. The topological polar surface area (TPSA) is 254 Å². The minimum absolute atomic E-state index is 0.0610. The molecule has 51 heavy (non-hydrogen) atoms. The number of aliphatic carboxylic acids is 4. The highest BCUT2D eigenvalue weighted by atomic mass is 16.4. The van der Waals surface area contributed by atoms with Crippen molar-refractivity contribution in [2.75, 3.05) is 0 Å². The molecule has 15 nitrogen and oxygen atoms in total. The summed E-state index contributed by atoms with van der Waals surface area (Å²) in [6.07, 6.45) is 16.0. The third-order valence-electron chi connectivity index (χ3n) is 8.55. The van der Waals surface area contributed by atoms with Gasteiger partial charge in [-0.05, 0) is 39.0 Å². The van der Waals surface area contributed by atoms with Crippen LogP contribution in [0.3, 0.4) is 0 Å². The zero-order chi connectivity index (χ0) is 38.4. The lowest BCUT2D eigenvalue weighted by molar-refractivity contribution is -0.144. The number of hydrogen-bond acceptors (Lipinski definition) is 8. The summed E-state index contributed by atoms with van der Waals surface area (Å²) in [6.45, 7) is 1.28. The lowest BCUT2D eigenvalue weighted by atomic mass is 10.0. The Labute approximate surface area is 301 Å². The molecule has 0 radical (unpaired) electrons. The largest absolute Gasteiger partial charge is 0.481 e. The molecule has 0 saturated carbocycles. The van der Waals surface area contributed by atoms with Crippen molar-refractivity contribution < 1.29 is 58.8 Å². The van der Waals surface area contributed by atoms with E-state index in [1.54, 1.807) is 0 Å². The second kappa shape index (κ2) is 29.7. The van der Waals surface area contributed by atoms with E-state index in [9.17, 15) is 53.7 Å². The first-order valence-electron chi connectivity index (χ1n) is 18.5. The van der Waals surface area contributed by atoms with Gasteiger partial charge >= 0.3 is 23.9 Å². The number of nitrogens with one attached hydrogen (secondary N) is 3. The van der Waals surface area contributed by atoms with Crippen LogP contribution < -0.4 is 16.0 Å². The molecular formula is C36H61N3O12. The molecule has 0 aliphatic heterocycles. The molecule has 0 aromatic carbocycles. The van der Waals surface area contributed by atoms with Crippen LogP contribution in [0.25, 0.3) is 0 Å². The third kappa shape index (κ3) is 28.4. The summed E-state index contributed by atoms with van der Waals surface area (Å²) in [4.78, 5) is 93.1. The zero-order valence-corrected chi connectivity index (χ0v) is 30.3. The van der Waals surface area contributed by atoms with Gasteiger partial charge in [0, 0.05) is 32.1 Å². The number of rotatable bonds is 34. The van der Waals surface area contributed by atoms with Gasteiger partial charge in [-0.2, -0.15) is 0 Å². The van der Waals surface area contributed by atoms with E-state index in [0.717, 1.165) is 44.9 Å². The van der Waals surface area contributed by atoms with E-state index in [1.807, 2.05) is 0 Å². The van der Waals surface area contributed by atoms with E-state index in [0.29, 0.717) is 6.42 Å². The van der Waals surface area contributed by atoms with Gasteiger partial charge < -0.3 is 41.2 Å². The predicted octanol–water partition coefficient (Wildman–Crippen LogP) is 4.73. The highest BCUT2D eigenvalue weighted by Gasteiger charge is 2.26. The Morgan fingerprint density at radius 3 is 0.902 bits per heavy atom. The molecule has 0 aliphatic rings. The average Bonchev–Trinajstić information content (AvgIpc) is 3.05. The lowest BCUT2D eigenvalue weighted by Crippen LogP contribution is -2.45. The van der Waals surface area contributed by atoms with Gasteiger partial charge in [-0.1, -0.05) is 89.9 Å². The number of carboxylic acids is 4. The van der Waals surface area contributed by atoms with Gasteiger partial charge in [0.05, 0.1) is 0 Å². The van der Waals surface area contributed by atoms with Crippen LogP contribution in [-0.2, 0) is 38.4 Å². The molecule has 0 aromatic heterocycles. The number of ketones is 1. The first-order chi connectivity index (χ1) is 24.2. The maximum atomic E-state index is 12.4. The van der Waals surface area contributed by atoms with Crippen molar-refractivity contribution >= 4 is 47.4 Å². The quantitative estimate of drug-likeness (QED) is 0.0444. The number of Topliss-reactive ketones (excluding diaryl/α,β-unsaturated/α-hetero) is 1.